The van der Waals surface area contributed by atoms with Crippen LogP contribution in [0.25, 0.3) is 0 Å². The van der Waals surface area contributed by atoms with Gasteiger partial charge in [-0.05, 0) is 18.2 Å². The van der Waals surface area contributed by atoms with Crippen molar-refractivity contribution in [3.63, 3.8) is 0 Å². The maximum absolute atomic E-state index is 13.4. The van der Waals surface area contributed by atoms with E-state index in [0.29, 0.717) is 13.2 Å². The normalized spacial score (nSPS) is 10.1. The van der Waals surface area contributed by atoms with E-state index in [1.54, 1.807) is 14.2 Å². The van der Waals surface area contributed by atoms with E-state index >= 15 is 0 Å². The van der Waals surface area contributed by atoms with Gasteiger partial charge in [-0.3, -0.25) is 0 Å². The molecular formula is C11H14ClFN2O2. The smallest absolute Gasteiger partial charge is 0.321 e. The Morgan fingerprint density at radius 3 is 2.88 bits per heavy atom. The molecule has 17 heavy (non-hydrogen) atoms. The van der Waals surface area contributed by atoms with Gasteiger partial charge >= 0.3 is 6.03 Å². The predicted octanol–water partition coefficient (Wildman–Crippen LogP) is 2.59. The van der Waals surface area contributed by atoms with Crippen molar-refractivity contribution in [2.45, 2.75) is 0 Å². The molecule has 1 aromatic carbocycles. The SMILES string of the molecule is COCCN(C)C(=O)Nc1ccc(Cl)cc1F. The van der Waals surface area contributed by atoms with Crippen LogP contribution in [0.1, 0.15) is 0 Å². The summed E-state index contributed by atoms with van der Waals surface area (Å²) in [7, 11) is 3.15. The highest BCUT2D eigenvalue weighted by molar-refractivity contribution is 6.30. The van der Waals surface area contributed by atoms with Gasteiger partial charge in [0.05, 0.1) is 12.3 Å². The number of amides is 2. The molecule has 0 atom stereocenters. The molecule has 94 valence electrons. The third-order valence-corrected chi connectivity index (χ3v) is 2.39. The number of carbonyl (C=O) groups is 1. The number of ether oxygens (including phenoxy) is 1. The zero-order valence-electron chi connectivity index (χ0n) is 9.67. The Morgan fingerprint density at radius 1 is 1.59 bits per heavy atom. The van der Waals surface area contributed by atoms with E-state index in [1.165, 1.54) is 17.0 Å². The number of halogens is 2. The third-order valence-electron chi connectivity index (χ3n) is 2.15. The Morgan fingerprint density at radius 2 is 2.29 bits per heavy atom. The highest BCUT2D eigenvalue weighted by Crippen LogP contribution is 2.18. The minimum absolute atomic E-state index is 0.101. The minimum atomic E-state index is -0.564. The molecule has 1 aromatic rings. The van der Waals surface area contributed by atoms with Crippen LogP contribution in [0.5, 0.6) is 0 Å². The quantitative estimate of drug-likeness (QED) is 0.904. The van der Waals surface area contributed by atoms with Gasteiger partial charge in [-0.2, -0.15) is 0 Å². The standard InChI is InChI=1S/C11H14ClFN2O2/c1-15(5-6-17-2)11(16)14-10-4-3-8(12)7-9(10)13/h3-4,7H,5-6H2,1-2H3,(H,14,16). The van der Waals surface area contributed by atoms with E-state index < -0.39 is 11.8 Å². The first-order chi connectivity index (χ1) is 8.04. The largest absolute Gasteiger partial charge is 0.383 e. The van der Waals surface area contributed by atoms with Gasteiger partial charge in [-0.15, -0.1) is 0 Å². The second kappa shape index (κ2) is 6.42. The lowest BCUT2D eigenvalue weighted by Crippen LogP contribution is -2.34. The van der Waals surface area contributed by atoms with Gasteiger partial charge in [0, 0.05) is 25.7 Å². The lowest BCUT2D eigenvalue weighted by Gasteiger charge is -2.17. The lowest BCUT2D eigenvalue weighted by molar-refractivity contribution is 0.165. The van der Waals surface area contributed by atoms with Crippen LogP contribution in [-0.4, -0.2) is 38.2 Å². The van der Waals surface area contributed by atoms with Crippen LogP contribution in [0.15, 0.2) is 18.2 Å². The van der Waals surface area contributed by atoms with Crippen LogP contribution in [0.2, 0.25) is 5.02 Å². The number of hydrogen-bond donors (Lipinski definition) is 1. The lowest BCUT2D eigenvalue weighted by atomic mass is 10.3. The number of likely N-dealkylation sites (N-methyl/N-ethyl adjacent to an activating group) is 1. The Hall–Kier alpha value is -1.33. The third kappa shape index (κ3) is 4.20. The van der Waals surface area contributed by atoms with Crippen molar-refractivity contribution in [1.29, 1.82) is 0 Å². The van der Waals surface area contributed by atoms with Gasteiger partial charge in [0.2, 0.25) is 0 Å². The number of carbonyl (C=O) groups excluding carboxylic acids is 1. The molecule has 6 heteroatoms. The van der Waals surface area contributed by atoms with Crippen LogP contribution in [0.3, 0.4) is 0 Å². The van der Waals surface area contributed by atoms with Gasteiger partial charge in [-0.25, -0.2) is 9.18 Å². The number of nitrogens with zero attached hydrogens (tertiary/aromatic N) is 1. The molecule has 0 aliphatic rings. The number of anilines is 1. The van der Waals surface area contributed by atoms with Crippen molar-refractivity contribution in [3.05, 3.63) is 29.0 Å². The summed E-state index contributed by atoms with van der Waals surface area (Å²) in [6.45, 7) is 0.852. The molecular weight excluding hydrogens is 247 g/mol. The fourth-order valence-corrected chi connectivity index (χ4v) is 1.29. The average molecular weight is 261 g/mol. The van der Waals surface area contributed by atoms with E-state index in [9.17, 15) is 9.18 Å². The van der Waals surface area contributed by atoms with Crippen molar-refractivity contribution >= 4 is 23.3 Å². The zero-order valence-corrected chi connectivity index (χ0v) is 10.4. The summed E-state index contributed by atoms with van der Waals surface area (Å²) in [6, 6.07) is 3.67. The van der Waals surface area contributed by atoms with Gasteiger partial charge in [0.15, 0.2) is 0 Å². The molecule has 0 heterocycles. The summed E-state index contributed by atoms with van der Waals surface area (Å²) >= 11 is 5.60. The Kier molecular flexibility index (Phi) is 5.18. The first kappa shape index (κ1) is 13.7. The number of methoxy groups -OCH3 is 1. The predicted molar refractivity (Wildman–Crippen MR) is 64.9 cm³/mol. The van der Waals surface area contributed by atoms with Crippen LogP contribution >= 0.6 is 11.6 Å². The molecule has 0 unspecified atom stereocenters. The summed E-state index contributed by atoms with van der Waals surface area (Å²) in [5.41, 5.74) is 0.101. The van der Waals surface area contributed by atoms with Crippen LogP contribution in [-0.2, 0) is 4.74 Å². The summed E-state index contributed by atoms with van der Waals surface area (Å²) in [4.78, 5) is 13.0. The molecule has 0 saturated carbocycles. The summed E-state index contributed by atoms with van der Waals surface area (Å²) in [6.07, 6.45) is 0. The summed E-state index contributed by atoms with van der Waals surface area (Å²) in [5, 5.41) is 2.73. The zero-order chi connectivity index (χ0) is 12.8. The number of nitrogens with one attached hydrogen (secondary N) is 1. The number of hydrogen-bond acceptors (Lipinski definition) is 2. The highest BCUT2D eigenvalue weighted by atomic mass is 35.5. The van der Waals surface area contributed by atoms with E-state index in [0.717, 1.165) is 6.07 Å². The van der Waals surface area contributed by atoms with Crippen LogP contribution in [0.4, 0.5) is 14.9 Å². The first-order valence-electron chi connectivity index (χ1n) is 5.00. The first-order valence-corrected chi connectivity index (χ1v) is 5.38. The second-order valence-electron chi connectivity index (χ2n) is 3.47. The van der Waals surface area contributed by atoms with Crippen molar-refractivity contribution in [1.82, 2.24) is 4.90 Å². The van der Waals surface area contributed by atoms with Crippen LogP contribution in [0, 0.1) is 5.82 Å². The van der Waals surface area contributed by atoms with Crippen LogP contribution < -0.4 is 5.32 Å². The van der Waals surface area contributed by atoms with E-state index in [-0.39, 0.29) is 10.7 Å². The average Bonchev–Trinajstić information content (AvgIpc) is 2.29. The molecule has 0 aromatic heterocycles. The molecule has 0 aliphatic heterocycles. The number of urea groups is 1. The maximum Gasteiger partial charge on any atom is 0.321 e. The van der Waals surface area contributed by atoms with Crippen molar-refractivity contribution < 1.29 is 13.9 Å². The number of rotatable bonds is 4. The molecule has 1 N–H and O–H groups in total. The fourth-order valence-electron chi connectivity index (χ4n) is 1.13. The molecule has 0 fully saturated rings. The topological polar surface area (TPSA) is 41.6 Å². The van der Waals surface area contributed by atoms with Crippen molar-refractivity contribution in [3.8, 4) is 0 Å². The summed E-state index contributed by atoms with van der Waals surface area (Å²) < 4.78 is 18.2. The Labute approximate surface area is 104 Å². The van der Waals surface area contributed by atoms with Crippen molar-refractivity contribution in [2.75, 3.05) is 32.6 Å². The molecule has 0 radical (unpaired) electrons. The fraction of sp³-hybridized carbons (Fsp3) is 0.364. The second-order valence-corrected chi connectivity index (χ2v) is 3.91. The Balaban J connectivity index is 2.61. The van der Waals surface area contributed by atoms with E-state index in [4.69, 9.17) is 16.3 Å². The van der Waals surface area contributed by atoms with Gasteiger partial charge in [0.1, 0.15) is 5.82 Å². The summed E-state index contributed by atoms with van der Waals surface area (Å²) in [5.74, 6) is -0.564. The minimum Gasteiger partial charge on any atom is -0.383 e. The Bertz CT molecular complexity index is 401. The van der Waals surface area contributed by atoms with Crippen molar-refractivity contribution in [2.24, 2.45) is 0 Å². The molecule has 0 saturated heterocycles. The molecule has 0 aliphatic carbocycles. The number of benzene rings is 1. The molecule has 2 amide bonds. The highest BCUT2D eigenvalue weighted by Gasteiger charge is 2.11. The molecule has 1 rings (SSSR count). The molecule has 0 bridgehead atoms. The van der Waals surface area contributed by atoms with Gasteiger partial charge < -0.3 is 15.0 Å². The molecule has 4 nitrogen and oxygen atoms in total. The van der Waals surface area contributed by atoms with Gasteiger partial charge in [-0.1, -0.05) is 11.6 Å². The van der Waals surface area contributed by atoms with E-state index in [1.807, 2.05) is 0 Å². The van der Waals surface area contributed by atoms with E-state index in [2.05, 4.69) is 5.32 Å². The van der Waals surface area contributed by atoms with Gasteiger partial charge in [0.25, 0.3) is 0 Å². The molecule has 0 spiro atoms. The maximum atomic E-state index is 13.4. The monoisotopic (exact) mass is 260 g/mol.